The molecule has 0 aromatic heterocycles. The van der Waals surface area contributed by atoms with Gasteiger partial charge < -0.3 is 9.47 Å². The Morgan fingerprint density at radius 1 is 0.720 bits per heavy atom. The highest BCUT2D eigenvalue weighted by atomic mass is 16.5. The van der Waals surface area contributed by atoms with Gasteiger partial charge in [0.05, 0.1) is 13.2 Å². The van der Waals surface area contributed by atoms with Crippen molar-refractivity contribution in [1.29, 1.82) is 0 Å². The Morgan fingerprint density at radius 3 is 1.68 bits per heavy atom. The molecule has 25 heavy (non-hydrogen) atoms. The molecule has 0 aromatic carbocycles. The van der Waals surface area contributed by atoms with Crippen molar-refractivity contribution in [2.24, 2.45) is 5.41 Å². The lowest BCUT2D eigenvalue weighted by atomic mass is 9.85. The second-order valence-electron chi connectivity index (χ2n) is 7.65. The predicted octanol–water partition coefficient (Wildman–Crippen LogP) is 5.60. The van der Waals surface area contributed by atoms with Crippen LogP contribution in [0.5, 0.6) is 0 Å². The van der Waals surface area contributed by atoms with Crippen LogP contribution in [0.3, 0.4) is 0 Å². The third-order valence-electron chi connectivity index (χ3n) is 3.90. The second kappa shape index (κ2) is 13.0. The minimum absolute atomic E-state index is 0.110. The number of hydrogen-bond donors (Lipinski definition) is 0. The van der Waals surface area contributed by atoms with Crippen LogP contribution < -0.4 is 0 Å². The van der Waals surface area contributed by atoms with Crippen molar-refractivity contribution in [3.05, 3.63) is 11.1 Å². The van der Waals surface area contributed by atoms with Crippen LogP contribution in [0.15, 0.2) is 11.1 Å². The lowest BCUT2D eigenvalue weighted by Crippen LogP contribution is -2.21. The van der Waals surface area contributed by atoms with E-state index in [2.05, 4.69) is 27.7 Å². The number of rotatable bonds is 12. The molecule has 146 valence electrons. The minimum Gasteiger partial charge on any atom is -0.463 e. The van der Waals surface area contributed by atoms with Crippen molar-refractivity contribution >= 4 is 11.9 Å². The van der Waals surface area contributed by atoms with E-state index in [-0.39, 0.29) is 17.4 Å². The summed E-state index contributed by atoms with van der Waals surface area (Å²) in [5.41, 5.74) is 0.883. The number of hydrogen-bond acceptors (Lipinski definition) is 4. The van der Waals surface area contributed by atoms with E-state index >= 15 is 0 Å². The van der Waals surface area contributed by atoms with Crippen molar-refractivity contribution in [1.82, 2.24) is 0 Å². The normalized spacial score (nSPS) is 12.6. The van der Waals surface area contributed by atoms with E-state index < -0.39 is 0 Å². The van der Waals surface area contributed by atoms with Crippen LogP contribution in [0, 0.1) is 5.41 Å². The van der Waals surface area contributed by atoms with Crippen LogP contribution in [0.2, 0.25) is 0 Å². The molecule has 0 atom stereocenters. The van der Waals surface area contributed by atoms with Gasteiger partial charge in [-0.1, -0.05) is 59.8 Å². The fourth-order valence-electron chi connectivity index (χ4n) is 2.73. The average molecular weight is 355 g/mol. The number of ether oxygens (including phenoxy) is 2. The molecule has 0 aromatic rings. The summed E-state index contributed by atoms with van der Waals surface area (Å²) in [7, 11) is 0. The van der Waals surface area contributed by atoms with Crippen molar-refractivity contribution in [3.8, 4) is 0 Å². The molecular formula is C21H38O4. The second-order valence-corrected chi connectivity index (χ2v) is 7.65. The monoisotopic (exact) mass is 354 g/mol. The quantitative estimate of drug-likeness (QED) is 0.260. The van der Waals surface area contributed by atoms with Crippen LogP contribution in [0.25, 0.3) is 0 Å². The number of carbonyl (C=O) groups excluding carboxylic acids is 2. The smallest absolute Gasteiger partial charge is 0.334 e. The lowest BCUT2D eigenvalue weighted by Gasteiger charge is -2.22. The molecule has 4 nitrogen and oxygen atoms in total. The summed E-state index contributed by atoms with van der Waals surface area (Å²) in [5, 5.41) is 0. The summed E-state index contributed by atoms with van der Waals surface area (Å²) >= 11 is 0. The van der Waals surface area contributed by atoms with Gasteiger partial charge >= 0.3 is 11.9 Å². The molecule has 0 aliphatic carbocycles. The van der Waals surface area contributed by atoms with Crippen molar-refractivity contribution in [2.75, 3.05) is 13.2 Å². The summed E-state index contributed by atoms with van der Waals surface area (Å²) < 4.78 is 10.4. The molecular weight excluding hydrogens is 316 g/mol. The molecule has 0 amide bonds. The Morgan fingerprint density at radius 2 is 1.20 bits per heavy atom. The number of esters is 2. The summed E-state index contributed by atoms with van der Waals surface area (Å²) in [5.74, 6) is -0.755. The lowest BCUT2D eigenvalue weighted by molar-refractivity contribution is -0.142. The van der Waals surface area contributed by atoms with Gasteiger partial charge in [0.15, 0.2) is 0 Å². The molecule has 0 bridgehead atoms. The van der Waals surface area contributed by atoms with Gasteiger partial charge in [-0.15, -0.1) is 0 Å². The first-order chi connectivity index (χ1) is 11.8. The van der Waals surface area contributed by atoms with Crippen molar-refractivity contribution in [3.63, 3.8) is 0 Å². The highest BCUT2D eigenvalue weighted by Gasteiger charge is 2.27. The largest absolute Gasteiger partial charge is 0.463 e. The van der Waals surface area contributed by atoms with Crippen LogP contribution in [-0.2, 0) is 19.1 Å². The average Bonchev–Trinajstić information content (AvgIpc) is 2.52. The van der Waals surface area contributed by atoms with Crippen LogP contribution in [-0.4, -0.2) is 25.2 Å². The first-order valence-corrected chi connectivity index (χ1v) is 9.83. The third kappa shape index (κ3) is 11.0. The SMILES string of the molecule is CCCCCCCCC(C(=O)OCC)=C(CC(C)(C)C)C(=O)OCC. The van der Waals surface area contributed by atoms with Crippen molar-refractivity contribution in [2.45, 2.75) is 92.9 Å². The number of carbonyl (C=O) groups is 2. The maximum atomic E-state index is 12.5. The van der Waals surface area contributed by atoms with Gasteiger partial charge in [0, 0.05) is 11.1 Å². The zero-order chi connectivity index (χ0) is 19.3. The summed E-state index contributed by atoms with van der Waals surface area (Å²) in [6.45, 7) is 12.5. The Hall–Kier alpha value is -1.32. The summed E-state index contributed by atoms with van der Waals surface area (Å²) in [4.78, 5) is 24.9. The van der Waals surface area contributed by atoms with Crippen molar-refractivity contribution < 1.29 is 19.1 Å². The Balaban J connectivity index is 5.29. The number of unbranched alkanes of at least 4 members (excludes halogenated alkanes) is 5. The highest BCUT2D eigenvalue weighted by molar-refractivity contribution is 6.00. The molecule has 0 aliphatic rings. The molecule has 0 unspecified atom stereocenters. The molecule has 0 N–H and O–H groups in total. The Kier molecular flexibility index (Phi) is 12.3. The van der Waals surface area contributed by atoms with E-state index in [1.54, 1.807) is 13.8 Å². The van der Waals surface area contributed by atoms with E-state index in [1.807, 2.05) is 0 Å². The fraction of sp³-hybridized carbons (Fsp3) is 0.810. The molecule has 0 fully saturated rings. The molecule has 0 saturated heterocycles. The van der Waals surface area contributed by atoms with Gasteiger partial charge in [-0.2, -0.15) is 0 Å². The summed E-state index contributed by atoms with van der Waals surface area (Å²) in [6.07, 6.45) is 7.90. The maximum Gasteiger partial charge on any atom is 0.334 e. The van der Waals surface area contributed by atoms with E-state index in [0.717, 1.165) is 19.3 Å². The Labute approximate surface area is 154 Å². The molecule has 0 rings (SSSR count). The molecule has 0 heterocycles. The van der Waals surface area contributed by atoms with E-state index in [1.165, 1.54) is 19.3 Å². The third-order valence-corrected chi connectivity index (χ3v) is 3.90. The fourth-order valence-corrected chi connectivity index (χ4v) is 2.73. The summed E-state index contributed by atoms with van der Waals surface area (Å²) in [6, 6.07) is 0. The highest BCUT2D eigenvalue weighted by Crippen LogP contribution is 2.29. The zero-order valence-electron chi connectivity index (χ0n) is 17.2. The van der Waals surface area contributed by atoms with Gasteiger partial charge in [0.2, 0.25) is 0 Å². The molecule has 0 saturated carbocycles. The predicted molar refractivity (Wildman–Crippen MR) is 102 cm³/mol. The molecule has 0 radical (unpaired) electrons. The van der Waals surface area contributed by atoms with Crippen LogP contribution >= 0.6 is 0 Å². The van der Waals surface area contributed by atoms with E-state index in [4.69, 9.17) is 9.47 Å². The minimum atomic E-state index is -0.383. The first kappa shape index (κ1) is 23.7. The molecule has 0 spiro atoms. The molecule has 4 heteroatoms. The van der Waals surface area contributed by atoms with E-state index in [9.17, 15) is 9.59 Å². The van der Waals surface area contributed by atoms with Gasteiger partial charge in [-0.25, -0.2) is 9.59 Å². The van der Waals surface area contributed by atoms with Crippen LogP contribution in [0.4, 0.5) is 0 Å². The van der Waals surface area contributed by atoms with Gasteiger partial charge in [-0.05, 0) is 38.5 Å². The zero-order valence-corrected chi connectivity index (χ0v) is 17.2. The van der Waals surface area contributed by atoms with Gasteiger partial charge in [0.25, 0.3) is 0 Å². The first-order valence-electron chi connectivity index (χ1n) is 9.83. The molecule has 0 aliphatic heterocycles. The standard InChI is InChI=1S/C21H38O4/c1-7-10-11-12-13-14-15-17(19(22)24-8-2)18(16-21(4,5)6)20(23)25-9-3/h7-16H2,1-6H3. The Bertz CT molecular complexity index is 430. The van der Waals surface area contributed by atoms with Gasteiger partial charge in [-0.3, -0.25) is 0 Å². The van der Waals surface area contributed by atoms with Crippen LogP contribution in [0.1, 0.15) is 92.9 Å². The van der Waals surface area contributed by atoms with Gasteiger partial charge in [0.1, 0.15) is 0 Å². The van der Waals surface area contributed by atoms with E-state index in [0.29, 0.717) is 37.2 Å². The topological polar surface area (TPSA) is 52.6 Å². The maximum absolute atomic E-state index is 12.5.